The maximum absolute atomic E-state index is 9.69. The monoisotopic (exact) mass is 194 g/mol. The van der Waals surface area contributed by atoms with Crippen LogP contribution < -0.4 is 10.1 Å². The van der Waals surface area contributed by atoms with Gasteiger partial charge in [-0.15, -0.1) is 0 Å². The summed E-state index contributed by atoms with van der Waals surface area (Å²) < 4.78 is 5.33. The lowest BCUT2D eigenvalue weighted by molar-refractivity contribution is 0.173. The Kier molecular flexibility index (Phi) is 2.65. The molecule has 14 heavy (non-hydrogen) atoms. The molecule has 0 spiro atoms. The van der Waals surface area contributed by atoms with Gasteiger partial charge in [-0.25, -0.2) is 0 Å². The number of aromatic nitrogens is 1. The van der Waals surface area contributed by atoms with Crippen molar-refractivity contribution >= 4 is 0 Å². The van der Waals surface area contributed by atoms with Crippen molar-refractivity contribution < 1.29 is 9.84 Å². The number of aliphatic hydroxyl groups excluding tert-OH is 1. The molecule has 2 N–H and O–H groups in total. The highest BCUT2D eigenvalue weighted by atomic mass is 16.5. The Morgan fingerprint density at radius 2 is 2.57 bits per heavy atom. The standard InChI is InChI=1S/C10H14N2O2/c1-11-5-9(13)8-4-7-2-3-14-10(7)6-12-8/h4,6,9,11,13H,2-3,5H2,1H3. The van der Waals surface area contributed by atoms with E-state index in [2.05, 4.69) is 10.3 Å². The second-order valence-corrected chi connectivity index (χ2v) is 3.39. The normalized spacial score (nSPS) is 16.1. The summed E-state index contributed by atoms with van der Waals surface area (Å²) in [5.74, 6) is 0.852. The van der Waals surface area contributed by atoms with Crippen LogP contribution in [0.3, 0.4) is 0 Å². The molecule has 1 atom stereocenters. The van der Waals surface area contributed by atoms with Crippen LogP contribution in [0.1, 0.15) is 17.4 Å². The smallest absolute Gasteiger partial charge is 0.140 e. The van der Waals surface area contributed by atoms with Crippen molar-refractivity contribution in [2.24, 2.45) is 0 Å². The van der Waals surface area contributed by atoms with E-state index in [0.717, 1.165) is 24.3 Å². The first kappa shape index (κ1) is 9.43. The van der Waals surface area contributed by atoms with Gasteiger partial charge < -0.3 is 15.2 Å². The second-order valence-electron chi connectivity index (χ2n) is 3.39. The molecule has 0 fully saturated rings. The van der Waals surface area contributed by atoms with Gasteiger partial charge in [0, 0.05) is 18.5 Å². The Morgan fingerprint density at radius 1 is 1.71 bits per heavy atom. The Bertz CT molecular complexity index is 328. The van der Waals surface area contributed by atoms with E-state index >= 15 is 0 Å². The molecule has 76 valence electrons. The van der Waals surface area contributed by atoms with Crippen LogP contribution in [0, 0.1) is 0 Å². The van der Waals surface area contributed by atoms with Crippen LogP contribution >= 0.6 is 0 Å². The number of ether oxygens (including phenoxy) is 1. The van der Waals surface area contributed by atoms with Gasteiger partial charge in [0.1, 0.15) is 11.9 Å². The van der Waals surface area contributed by atoms with E-state index in [9.17, 15) is 5.11 Å². The molecule has 2 rings (SSSR count). The van der Waals surface area contributed by atoms with E-state index in [-0.39, 0.29) is 0 Å². The molecule has 1 aromatic heterocycles. The zero-order valence-corrected chi connectivity index (χ0v) is 8.16. The molecule has 0 saturated carbocycles. The SMILES string of the molecule is CNCC(O)c1cc2c(cn1)OCC2. The lowest BCUT2D eigenvalue weighted by atomic mass is 10.1. The van der Waals surface area contributed by atoms with Gasteiger partial charge in [0.2, 0.25) is 0 Å². The summed E-state index contributed by atoms with van der Waals surface area (Å²) in [5.41, 5.74) is 1.86. The maximum Gasteiger partial charge on any atom is 0.140 e. The summed E-state index contributed by atoms with van der Waals surface area (Å²) in [6.45, 7) is 1.25. The Labute approximate surface area is 82.9 Å². The molecule has 4 heteroatoms. The predicted molar refractivity (Wildman–Crippen MR) is 52.3 cm³/mol. The van der Waals surface area contributed by atoms with Crippen molar-refractivity contribution in [2.75, 3.05) is 20.2 Å². The number of hydrogen-bond acceptors (Lipinski definition) is 4. The lowest BCUT2D eigenvalue weighted by Crippen LogP contribution is -2.17. The molecule has 0 saturated heterocycles. The van der Waals surface area contributed by atoms with Crippen molar-refractivity contribution in [2.45, 2.75) is 12.5 Å². The molecule has 0 bridgehead atoms. The molecule has 1 aromatic rings. The third-order valence-corrected chi connectivity index (χ3v) is 2.34. The van der Waals surface area contributed by atoms with Crippen LogP contribution in [0.2, 0.25) is 0 Å². The topological polar surface area (TPSA) is 54.4 Å². The van der Waals surface area contributed by atoms with Crippen LogP contribution in [0.4, 0.5) is 0 Å². The summed E-state index contributed by atoms with van der Waals surface area (Å²) in [5, 5.41) is 12.6. The fourth-order valence-corrected chi connectivity index (χ4v) is 1.58. The first-order valence-electron chi connectivity index (χ1n) is 4.75. The highest BCUT2D eigenvalue weighted by Gasteiger charge is 2.15. The molecule has 4 nitrogen and oxygen atoms in total. The van der Waals surface area contributed by atoms with Gasteiger partial charge in [0.05, 0.1) is 18.5 Å². The highest BCUT2D eigenvalue weighted by molar-refractivity contribution is 5.36. The largest absolute Gasteiger partial charge is 0.491 e. The molecular weight excluding hydrogens is 180 g/mol. The Balaban J connectivity index is 2.19. The second kappa shape index (κ2) is 3.94. The summed E-state index contributed by atoms with van der Waals surface area (Å²) in [7, 11) is 1.81. The molecule has 1 unspecified atom stereocenters. The number of nitrogens with one attached hydrogen (secondary N) is 1. The fourth-order valence-electron chi connectivity index (χ4n) is 1.58. The van der Waals surface area contributed by atoms with Crippen LogP contribution in [0.25, 0.3) is 0 Å². The Morgan fingerprint density at radius 3 is 3.36 bits per heavy atom. The van der Waals surface area contributed by atoms with Crippen molar-refractivity contribution in [1.29, 1.82) is 0 Å². The average molecular weight is 194 g/mol. The minimum absolute atomic E-state index is 0.520. The molecule has 2 heterocycles. The predicted octanol–water partition coefficient (Wildman–Crippen LogP) is 0.269. The van der Waals surface area contributed by atoms with Crippen molar-refractivity contribution in [3.05, 3.63) is 23.5 Å². The average Bonchev–Trinajstić information content (AvgIpc) is 2.64. The summed E-state index contributed by atoms with van der Waals surface area (Å²) >= 11 is 0. The summed E-state index contributed by atoms with van der Waals surface area (Å²) in [6, 6.07) is 1.92. The molecule has 1 aliphatic rings. The number of likely N-dealkylation sites (N-methyl/N-ethyl adjacent to an activating group) is 1. The van der Waals surface area contributed by atoms with E-state index in [1.807, 2.05) is 6.07 Å². The van der Waals surface area contributed by atoms with E-state index in [1.165, 1.54) is 0 Å². The first-order valence-corrected chi connectivity index (χ1v) is 4.75. The van der Waals surface area contributed by atoms with Gasteiger partial charge in [-0.2, -0.15) is 0 Å². The van der Waals surface area contributed by atoms with Gasteiger partial charge in [0.15, 0.2) is 0 Å². The summed E-state index contributed by atoms with van der Waals surface area (Å²) in [4.78, 5) is 4.15. The number of aliphatic hydroxyl groups is 1. The zero-order chi connectivity index (χ0) is 9.97. The van der Waals surface area contributed by atoms with Gasteiger partial charge in [-0.05, 0) is 13.1 Å². The minimum Gasteiger partial charge on any atom is -0.491 e. The fraction of sp³-hybridized carbons (Fsp3) is 0.500. The van der Waals surface area contributed by atoms with E-state index in [1.54, 1.807) is 13.2 Å². The number of hydrogen-bond donors (Lipinski definition) is 2. The van der Waals surface area contributed by atoms with E-state index in [0.29, 0.717) is 12.2 Å². The van der Waals surface area contributed by atoms with Gasteiger partial charge in [0.25, 0.3) is 0 Å². The molecule has 1 aliphatic heterocycles. The lowest BCUT2D eigenvalue weighted by Gasteiger charge is -2.09. The van der Waals surface area contributed by atoms with Gasteiger partial charge in [-0.3, -0.25) is 4.98 Å². The van der Waals surface area contributed by atoms with Crippen LogP contribution in [-0.4, -0.2) is 30.3 Å². The molecular formula is C10H14N2O2. The van der Waals surface area contributed by atoms with Crippen LogP contribution in [0.15, 0.2) is 12.3 Å². The highest BCUT2D eigenvalue weighted by Crippen LogP contribution is 2.25. The van der Waals surface area contributed by atoms with Crippen molar-refractivity contribution in [3.8, 4) is 5.75 Å². The number of rotatable bonds is 3. The number of nitrogens with zero attached hydrogens (tertiary/aromatic N) is 1. The van der Waals surface area contributed by atoms with Crippen LogP contribution in [-0.2, 0) is 6.42 Å². The van der Waals surface area contributed by atoms with Gasteiger partial charge >= 0.3 is 0 Å². The third kappa shape index (κ3) is 1.71. The minimum atomic E-state index is -0.536. The maximum atomic E-state index is 9.69. The molecule has 0 aromatic carbocycles. The van der Waals surface area contributed by atoms with Crippen molar-refractivity contribution in [3.63, 3.8) is 0 Å². The number of fused-ring (bicyclic) bond motifs is 1. The van der Waals surface area contributed by atoms with E-state index < -0.39 is 6.10 Å². The Hall–Kier alpha value is -1.13. The van der Waals surface area contributed by atoms with E-state index in [4.69, 9.17) is 4.74 Å². The van der Waals surface area contributed by atoms with Crippen LogP contribution in [0.5, 0.6) is 5.75 Å². The molecule has 0 amide bonds. The molecule has 0 aliphatic carbocycles. The molecule has 0 radical (unpaired) electrons. The zero-order valence-electron chi connectivity index (χ0n) is 8.16. The third-order valence-electron chi connectivity index (χ3n) is 2.34. The summed E-state index contributed by atoms with van der Waals surface area (Å²) in [6.07, 6.45) is 2.07. The quantitative estimate of drug-likeness (QED) is 0.725. The van der Waals surface area contributed by atoms with Gasteiger partial charge in [-0.1, -0.05) is 0 Å². The van der Waals surface area contributed by atoms with Crippen molar-refractivity contribution in [1.82, 2.24) is 10.3 Å². The number of pyridine rings is 1. The first-order chi connectivity index (χ1) is 6.81.